The molecule has 0 atom stereocenters. The minimum absolute atomic E-state index is 0.00106. The van der Waals surface area contributed by atoms with E-state index in [1.807, 2.05) is 0 Å². The van der Waals surface area contributed by atoms with Crippen molar-refractivity contribution < 1.29 is 0 Å². The van der Waals surface area contributed by atoms with Crippen LogP contribution in [0.25, 0.3) is 55.6 Å². The van der Waals surface area contributed by atoms with Gasteiger partial charge in [0, 0.05) is 21.7 Å². The standard InChI is InChI=1S/C43H50.C40H46.C35H36.C29H32/c1-31-13-23-39-40-24-14-32(2)28-42(40)43(41(39)27-31,25-9-5-3-7-11-33-15-17-35-19-21-37(35)29-33)26-10-6-4-8-12-34-16-18-36-20-22-38(36)30-34;1-4-5-6-8-11-31-16-21-35(22-17-31)40(25-10-7-9-12-32-15-18-33-19-20-34(33)28-32)38-26-29(2)13-23-36(38)37-24-14-30(3)27-39(37)40;1-4-5-6-7-19-35(30-10-8-9-27(23-30)29-16-14-26-13-15-28(26)22-29)33-20-24(2)11-17-31(33)32-18-12-25(3)21-34(32)35;1-4-5-6-7-16-29(24-13-12-22-10-11-23(22)19-24)27-17-20(2)8-14-25(27)26-15-9-21(3)18-28(26)29/h13-18,23-24,27-30H,3-12,19-22,25-26H2,1-2H3;13-18,21-24,26-28H,4-12,19-20,25H2,1-3H3;8-12,14,16-18,20-23H,4-7,13,15,19H2,1-3H3;8-9,12-15,17-19H,4-7,10-11,16H2,1-3H3. The van der Waals surface area contributed by atoms with Crippen molar-refractivity contribution in [3.05, 3.63) is 469 Å². The van der Waals surface area contributed by atoms with Crippen molar-refractivity contribution in [3.63, 3.8) is 0 Å². The topological polar surface area (TPSA) is 0 Å². The molecule has 15 aromatic carbocycles. The molecule has 0 N–H and O–H groups in total. The molecule has 0 saturated heterocycles. The Morgan fingerprint density at radius 3 is 0.741 bits per heavy atom. The lowest BCUT2D eigenvalue weighted by Gasteiger charge is -2.35. The van der Waals surface area contributed by atoms with Crippen LogP contribution in [-0.4, -0.2) is 0 Å². The average molecular weight is 1930 g/mol. The highest BCUT2D eigenvalue weighted by molar-refractivity contribution is 5.88. The third-order valence-corrected chi connectivity index (χ3v) is 36.8. The Hall–Kier alpha value is -11.7. The van der Waals surface area contributed by atoms with Gasteiger partial charge in [0.2, 0.25) is 0 Å². The summed E-state index contributed by atoms with van der Waals surface area (Å²) in [5.74, 6) is 0. The highest BCUT2D eigenvalue weighted by Crippen LogP contribution is 2.61. The van der Waals surface area contributed by atoms with Gasteiger partial charge in [0.1, 0.15) is 0 Å². The molecule has 0 heterocycles. The highest BCUT2D eigenvalue weighted by Gasteiger charge is 2.49. The number of rotatable bonds is 39. The van der Waals surface area contributed by atoms with Gasteiger partial charge in [-0.15, -0.1) is 0 Å². The van der Waals surface area contributed by atoms with Crippen LogP contribution >= 0.6 is 0 Å². The van der Waals surface area contributed by atoms with Crippen molar-refractivity contribution in [2.75, 3.05) is 0 Å². The molecule has 0 spiro atoms. The fourth-order valence-electron chi connectivity index (χ4n) is 27.9. The molecule has 9 aliphatic carbocycles. The van der Waals surface area contributed by atoms with E-state index in [0.29, 0.717) is 0 Å². The van der Waals surface area contributed by atoms with Crippen molar-refractivity contribution >= 4 is 0 Å². The lowest BCUT2D eigenvalue weighted by molar-refractivity contribution is 0.399. The van der Waals surface area contributed by atoms with Gasteiger partial charge in [-0.3, -0.25) is 0 Å². The largest absolute Gasteiger partial charge is 0.0654 e. The Bertz CT molecular complexity index is 6980. The number of hydrogen-bond acceptors (Lipinski definition) is 0. The van der Waals surface area contributed by atoms with E-state index in [1.54, 1.807) is 66.8 Å². The summed E-state index contributed by atoms with van der Waals surface area (Å²) in [6, 6.07) is 113. The lowest BCUT2D eigenvalue weighted by atomic mass is 9.67. The zero-order valence-electron chi connectivity index (χ0n) is 91.3. The number of unbranched alkanes of at least 4 members (excludes halogenated alkanes) is 17. The summed E-state index contributed by atoms with van der Waals surface area (Å²) in [6.45, 7) is 25.0. The van der Waals surface area contributed by atoms with Crippen LogP contribution in [0, 0.1) is 55.4 Å². The van der Waals surface area contributed by atoms with Crippen LogP contribution in [0.3, 0.4) is 0 Å². The molecule has 0 amide bonds. The molecule has 24 rings (SSSR count). The predicted octanol–water partition coefficient (Wildman–Crippen LogP) is 38.8. The molecule has 147 heavy (non-hydrogen) atoms. The number of hydrogen-bond donors (Lipinski definition) is 0. The second kappa shape index (κ2) is 45.0. The average Bonchev–Trinajstić information content (AvgIpc) is 1.71. The van der Waals surface area contributed by atoms with Gasteiger partial charge in [0.05, 0.1) is 0 Å². The second-order valence-electron chi connectivity index (χ2n) is 47.1. The van der Waals surface area contributed by atoms with Crippen molar-refractivity contribution in [1.29, 1.82) is 0 Å². The van der Waals surface area contributed by atoms with Gasteiger partial charge in [-0.1, -0.05) is 466 Å². The monoisotopic (exact) mass is 1930 g/mol. The summed E-state index contributed by atoms with van der Waals surface area (Å²) in [6.07, 6.45) is 53.8. The summed E-state index contributed by atoms with van der Waals surface area (Å²) in [5, 5.41) is 0. The van der Waals surface area contributed by atoms with E-state index in [0.717, 1.165) is 6.42 Å². The van der Waals surface area contributed by atoms with Gasteiger partial charge in [-0.25, -0.2) is 0 Å². The highest BCUT2D eigenvalue weighted by atomic mass is 14.5. The molecule has 0 saturated carbocycles. The quantitative estimate of drug-likeness (QED) is 0.0337. The zero-order valence-corrected chi connectivity index (χ0v) is 91.3. The van der Waals surface area contributed by atoms with Crippen LogP contribution in [0.2, 0.25) is 0 Å². The molecule has 0 bridgehead atoms. The molecular formula is C147H164. The Labute approximate surface area is 885 Å². The normalized spacial score (nSPS) is 14.9. The summed E-state index contributed by atoms with van der Waals surface area (Å²) in [5.41, 5.74) is 64.0. The summed E-state index contributed by atoms with van der Waals surface area (Å²) < 4.78 is 0. The first kappa shape index (κ1) is 101. The Kier molecular flexibility index (Phi) is 31.0. The van der Waals surface area contributed by atoms with Crippen molar-refractivity contribution in [3.8, 4) is 55.6 Å². The summed E-state index contributed by atoms with van der Waals surface area (Å²) >= 11 is 0. The second-order valence-corrected chi connectivity index (χ2v) is 47.1. The summed E-state index contributed by atoms with van der Waals surface area (Å²) in [4.78, 5) is 0. The van der Waals surface area contributed by atoms with Gasteiger partial charge >= 0.3 is 0 Å². The van der Waals surface area contributed by atoms with E-state index in [-0.39, 0.29) is 21.7 Å². The van der Waals surface area contributed by atoms with E-state index in [9.17, 15) is 0 Å². The van der Waals surface area contributed by atoms with Crippen LogP contribution in [0.5, 0.6) is 0 Å². The van der Waals surface area contributed by atoms with Crippen LogP contribution in [0.15, 0.2) is 285 Å². The third-order valence-electron chi connectivity index (χ3n) is 36.8. The SMILES string of the molecule is CCCCCCC1(c2ccc3c(c2)CC3)c2cc(C)ccc2-c2ccc(C)cc21.CCCCCCC1(c2cccc(-c3ccc4c(c3)CC4)c2)c2cc(C)ccc2-c2ccc(C)cc21.CCCCCCc1ccc(C2(CCCCCc3ccc4c(c3)CC4)c3cc(C)ccc3-c3ccc(C)cc32)cc1.Cc1ccc2c(c1)C(CCCCCCc1ccc3c(c1)CC3)(CCCCCCc1ccc3c(c1)CC3)c1cc(C)ccc1-2. The van der Waals surface area contributed by atoms with Crippen LogP contribution in [0.1, 0.15) is 384 Å². The molecule has 0 aromatic heterocycles. The van der Waals surface area contributed by atoms with Crippen molar-refractivity contribution in [1.82, 2.24) is 0 Å². The molecule has 0 heteroatoms. The first-order valence-electron chi connectivity index (χ1n) is 58.6. The van der Waals surface area contributed by atoms with Crippen LogP contribution < -0.4 is 0 Å². The maximum absolute atomic E-state index is 2.54. The molecule has 0 aliphatic heterocycles. The third kappa shape index (κ3) is 20.7. The van der Waals surface area contributed by atoms with Gasteiger partial charge < -0.3 is 0 Å². The molecule has 0 nitrogen and oxygen atoms in total. The predicted molar refractivity (Wildman–Crippen MR) is 628 cm³/mol. The molecular weight excluding hydrogens is 1770 g/mol. The van der Waals surface area contributed by atoms with E-state index in [2.05, 4.69) is 361 Å². The van der Waals surface area contributed by atoms with Gasteiger partial charge in [0.25, 0.3) is 0 Å². The van der Waals surface area contributed by atoms with Gasteiger partial charge in [-0.05, 0) is 404 Å². The Morgan fingerprint density at radius 1 is 0.170 bits per heavy atom. The van der Waals surface area contributed by atoms with Crippen molar-refractivity contribution in [2.45, 2.75) is 367 Å². The minimum atomic E-state index is -0.0910. The fourth-order valence-corrected chi connectivity index (χ4v) is 27.9. The van der Waals surface area contributed by atoms with Gasteiger partial charge in [-0.2, -0.15) is 0 Å². The smallest absolute Gasteiger partial charge is 0.0464 e. The van der Waals surface area contributed by atoms with Crippen molar-refractivity contribution in [2.24, 2.45) is 0 Å². The molecule has 0 radical (unpaired) electrons. The molecule has 9 aliphatic rings. The molecule has 15 aromatic rings. The van der Waals surface area contributed by atoms with E-state index in [1.165, 1.54) is 436 Å². The Morgan fingerprint density at radius 2 is 0.415 bits per heavy atom. The number of fused-ring (bicyclic) bond motifs is 17. The molecule has 0 unspecified atom stereocenters. The van der Waals surface area contributed by atoms with Gasteiger partial charge in [0.15, 0.2) is 0 Å². The number of aryl methyl sites for hydroxylation is 22. The fraction of sp³-hybridized carbons (Fsp3) is 0.388. The maximum Gasteiger partial charge on any atom is 0.0464 e. The molecule has 0 fully saturated rings. The van der Waals surface area contributed by atoms with E-state index >= 15 is 0 Å². The maximum atomic E-state index is 2.54. The lowest BCUT2D eigenvalue weighted by Crippen LogP contribution is -2.28. The zero-order chi connectivity index (χ0) is 101. The van der Waals surface area contributed by atoms with Crippen LogP contribution in [-0.2, 0) is 112 Å². The Balaban J connectivity index is 0.000000116. The van der Waals surface area contributed by atoms with E-state index < -0.39 is 0 Å². The first-order chi connectivity index (χ1) is 71.9. The minimum Gasteiger partial charge on any atom is -0.0654 e. The first-order valence-corrected chi connectivity index (χ1v) is 58.6. The van der Waals surface area contributed by atoms with Crippen LogP contribution in [0.4, 0.5) is 0 Å². The molecule has 752 valence electrons. The van der Waals surface area contributed by atoms with E-state index in [4.69, 9.17) is 0 Å². The number of benzene rings is 15. The summed E-state index contributed by atoms with van der Waals surface area (Å²) in [7, 11) is 0.